The van der Waals surface area contributed by atoms with Crippen molar-refractivity contribution in [3.63, 3.8) is 0 Å². The highest BCUT2D eigenvalue weighted by atomic mass is 32.2. The SMILES string of the molecule is C[C@H](CO)N1C[C@H](C)[C@H](CN(C)S(=O)(=O)c2ccc(F)cc2)OCCCC[C@H](C)Oc2ccc(NC(=O)Nc3ccc(C(F)(F)F)cc3)cc2C1=O. The number of hydrogen-bond acceptors (Lipinski definition) is 7. The summed E-state index contributed by atoms with van der Waals surface area (Å²) in [7, 11) is -2.61. The number of fused-ring (bicyclic) bond motifs is 1. The molecule has 0 aliphatic carbocycles. The summed E-state index contributed by atoms with van der Waals surface area (Å²) in [6.45, 7) is 5.18. The highest BCUT2D eigenvalue weighted by Gasteiger charge is 2.33. The summed E-state index contributed by atoms with van der Waals surface area (Å²) < 4.78 is 92.6. The monoisotopic (exact) mass is 752 g/mol. The molecule has 1 aliphatic heterocycles. The van der Waals surface area contributed by atoms with Gasteiger partial charge in [0.05, 0.1) is 40.9 Å². The Morgan fingerprint density at radius 2 is 1.65 bits per heavy atom. The zero-order valence-electron chi connectivity index (χ0n) is 29.3. The lowest BCUT2D eigenvalue weighted by atomic mass is 10.0. The number of hydrogen-bond donors (Lipinski definition) is 3. The van der Waals surface area contributed by atoms with Crippen molar-refractivity contribution < 1.29 is 50.1 Å². The van der Waals surface area contributed by atoms with Crippen LogP contribution < -0.4 is 15.4 Å². The Kier molecular flexibility index (Phi) is 13.6. The third-order valence-electron chi connectivity index (χ3n) is 8.74. The Morgan fingerprint density at radius 1 is 1.02 bits per heavy atom. The molecule has 0 bridgehead atoms. The van der Waals surface area contributed by atoms with Gasteiger partial charge in [0.25, 0.3) is 5.91 Å². The van der Waals surface area contributed by atoms with Crippen molar-refractivity contribution in [2.24, 2.45) is 5.92 Å². The predicted octanol–water partition coefficient (Wildman–Crippen LogP) is 6.60. The summed E-state index contributed by atoms with van der Waals surface area (Å²) in [5.74, 6) is -1.32. The fourth-order valence-corrected chi connectivity index (χ4v) is 6.82. The zero-order valence-corrected chi connectivity index (χ0v) is 30.1. The van der Waals surface area contributed by atoms with E-state index >= 15 is 0 Å². The summed E-state index contributed by atoms with van der Waals surface area (Å²) in [5, 5.41) is 15.3. The number of aliphatic hydroxyl groups is 1. The molecule has 3 aromatic rings. The van der Waals surface area contributed by atoms with Crippen LogP contribution in [0.15, 0.2) is 71.6 Å². The number of sulfonamides is 1. The number of halogens is 4. The molecule has 0 radical (unpaired) electrons. The van der Waals surface area contributed by atoms with Gasteiger partial charge in [-0.3, -0.25) is 4.79 Å². The molecule has 4 rings (SSSR count). The summed E-state index contributed by atoms with van der Waals surface area (Å²) >= 11 is 0. The van der Waals surface area contributed by atoms with Crippen LogP contribution in [-0.2, 0) is 20.9 Å². The molecule has 0 spiro atoms. The van der Waals surface area contributed by atoms with Crippen LogP contribution in [-0.4, -0.2) is 86.3 Å². The molecule has 0 saturated carbocycles. The van der Waals surface area contributed by atoms with Crippen LogP contribution in [0.3, 0.4) is 0 Å². The van der Waals surface area contributed by atoms with Crippen molar-refractivity contribution in [1.82, 2.24) is 9.21 Å². The Morgan fingerprint density at radius 3 is 2.29 bits per heavy atom. The summed E-state index contributed by atoms with van der Waals surface area (Å²) in [4.78, 5) is 28.5. The molecular weight excluding hydrogens is 708 g/mol. The van der Waals surface area contributed by atoms with Gasteiger partial charge in [0.1, 0.15) is 11.6 Å². The number of aliphatic hydroxyl groups excluding tert-OH is 1. The maximum atomic E-state index is 14.3. The number of nitrogens with zero attached hydrogens (tertiary/aromatic N) is 2. The van der Waals surface area contributed by atoms with E-state index in [0.717, 1.165) is 40.7 Å². The van der Waals surface area contributed by atoms with E-state index in [-0.39, 0.29) is 46.8 Å². The maximum Gasteiger partial charge on any atom is 0.416 e. The van der Waals surface area contributed by atoms with Crippen LogP contribution >= 0.6 is 0 Å². The van der Waals surface area contributed by atoms with E-state index in [9.17, 15) is 40.7 Å². The Balaban J connectivity index is 1.60. The van der Waals surface area contributed by atoms with Crippen molar-refractivity contribution in [3.05, 3.63) is 83.7 Å². The van der Waals surface area contributed by atoms with Gasteiger partial charge in [-0.1, -0.05) is 6.92 Å². The van der Waals surface area contributed by atoms with E-state index in [0.29, 0.717) is 25.9 Å². The number of anilines is 2. The van der Waals surface area contributed by atoms with Crippen molar-refractivity contribution in [1.29, 1.82) is 0 Å². The first-order valence-electron chi connectivity index (χ1n) is 16.8. The van der Waals surface area contributed by atoms with Gasteiger partial charge in [0, 0.05) is 44.0 Å². The number of nitrogens with one attached hydrogen (secondary N) is 2. The minimum absolute atomic E-state index is 0.0384. The molecule has 284 valence electrons. The second-order valence-electron chi connectivity index (χ2n) is 12.9. The van der Waals surface area contributed by atoms with Crippen LogP contribution in [0.5, 0.6) is 5.75 Å². The third kappa shape index (κ3) is 10.6. The molecule has 3 amide bonds. The normalized spacial score (nSPS) is 20.0. The highest BCUT2D eigenvalue weighted by Crippen LogP contribution is 2.31. The third-order valence-corrected chi connectivity index (χ3v) is 10.6. The standard InChI is InChI=1S/C36H44F4N4O7S/c1-23-20-44(24(2)22-45)34(46)31-19-29(42-35(47)41-28-12-8-26(9-13-28)36(38,39)40)14-17-32(31)51-25(3)7-5-6-18-50-33(23)21-43(4)52(48,49)30-15-10-27(37)11-16-30/h8-17,19,23-25,33,45H,5-7,18,20-22H2,1-4H3,(H2,41,42,47)/t23-,24+,25-,33-/m0/s1. The molecule has 16 heteroatoms. The molecule has 3 aromatic carbocycles. The minimum atomic E-state index is -4.53. The van der Waals surface area contributed by atoms with E-state index in [1.165, 1.54) is 42.3 Å². The van der Waals surface area contributed by atoms with Crippen LogP contribution in [0, 0.1) is 11.7 Å². The van der Waals surface area contributed by atoms with Crippen molar-refractivity contribution in [2.75, 3.05) is 44.0 Å². The zero-order chi connectivity index (χ0) is 38.2. The average molecular weight is 753 g/mol. The first-order valence-corrected chi connectivity index (χ1v) is 18.2. The van der Waals surface area contributed by atoms with E-state index < -0.39 is 64.2 Å². The lowest BCUT2D eigenvalue weighted by molar-refractivity contribution is -0.137. The van der Waals surface area contributed by atoms with Crippen molar-refractivity contribution >= 4 is 33.3 Å². The molecule has 0 saturated heterocycles. The Labute approximate surface area is 300 Å². The van der Waals surface area contributed by atoms with Crippen LogP contribution in [0.1, 0.15) is 56.0 Å². The van der Waals surface area contributed by atoms with Crippen LogP contribution in [0.4, 0.5) is 33.7 Å². The summed E-state index contributed by atoms with van der Waals surface area (Å²) in [5.41, 5.74) is -0.486. The highest BCUT2D eigenvalue weighted by molar-refractivity contribution is 7.89. The van der Waals surface area contributed by atoms with Gasteiger partial charge in [-0.25, -0.2) is 17.6 Å². The van der Waals surface area contributed by atoms with Gasteiger partial charge in [-0.15, -0.1) is 0 Å². The van der Waals surface area contributed by atoms with E-state index in [4.69, 9.17) is 9.47 Å². The summed E-state index contributed by atoms with van der Waals surface area (Å²) in [6, 6.07) is 11.4. The molecule has 11 nitrogen and oxygen atoms in total. The number of benzene rings is 3. The number of alkyl halides is 3. The van der Waals surface area contributed by atoms with E-state index in [1.54, 1.807) is 6.92 Å². The van der Waals surface area contributed by atoms with Gasteiger partial charge in [-0.2, -0.15) is 17.5 Å². The molecule has 3 N–H and O–H groups in total. The molecule has 0 unspecified atom stereocenters. The number of carbonyl (C=O) groups excluding carboxylic acids is 2. The van der Waals surface area contributed by atoms with Gasteiger partial charge in [0.2, 0.25) is 10.0 Å². The van der Waals surface area contributed by atoms with Gasteiger partial charge in [0.15, 0.2) is 0 Å². The first kappa shape index (κ1) is 40.5. The van der Waals surface area contributed by atoms with E-state index in [2.05, 4.69) is 10.6 Å². The largest absolute Gasteiger partial charge is 0.490 e. The van der Waals surface area contributed by atoms with E-state index in [1.807, 2.05) is 13.8 Å². The average Bonchev–Trinajstić information content (AvgIpc) is 3.09. The van der Waals surface area contributed by atoms with Gasteiger partial charge < -0.3 is 30.1 Å². The number of ether oxygens (including phenoxy) is 2. The summed E-state index contributed by atoms with van der Waals surface area (Å²) in [6.07, 6.45) is -3.60. The Hall–Kier alpha value is -4.25. The van der Waals surface area contributed by atoms with Crippen LogP contribution in [0.25, 0.3) is 0 Å². The topological polar surface area (TPSA) is 138 Å². The first-order chi connectivity index (χ1) is 24.5. The number of urea groups is 1. The Bertz CT molecular complexity index is 1780. The fourth-order valence-electron chi connectivity index (χ4n) is 5.64. The number of rotatable bonds is 8. The molecule has 52 heavy (non-hydrogen) atoms. The molecule has 1 heterocycles. The van der Waals surface area contributed by atoms with Crippen molar-refractivity contribution in [3.8, 4) is 5.75 Å². The van der Waals surface area contributed by atoms with Crippen molar-refractivity contribution in [2.45, 2.75) is 69.4 Å². The quantitative estimate of drug-likeness (QED) is 0.221. The second-order valence-corrected chi connectivity index (χ2v) is 14.9. The fraction of sp³-hybridized carbons (Fsp3) is 0.444. The number of likely N-dealkylation sites (N-methyl/N-ethyl adjacent to an activating group) is 1. The number of carbonyl (C=O) groups is 2. The predicted molar refractivity (Wildman–Crippen MR) is 187 cm³/mol. The number of amides is 3. The molecular formula is C36H44F4N4O7S. The molecule has 0 aromatic heterocycles. The minimum Gasteiger partial charge on any atom is -0.490 e. The van der Waals surface area contributed by atoms with Gasteiger partial charge in [-0.05, 0) is 99.8 Å². The lowest BCUT2D eigenvalue weighted by Gasteiger charge is -2.35. The molecule has 0 fully saturated rings. The maximum absolute atomic E-state index is 14.3. The van der Waals surface area contributed by atoms with Gasteiger partial charge >= 0.3 is 12.2 Å². The molecule has 4 atom stereocenters. The molecule has 1 aliphatic rings. The smallest absolute Gasteiger partial charge is 0.416 e. The van der Waals surface area contributed by atoms with Crippen LogP contribution in [0.2, 0.25) is 0 Å². The lowest BCUT2D eigenvalue weighted by Crippen LogP contribution is -2.48. The second kappa shape index (κ2) is 17.5.